The molecule has 3 rings (SSSR count). The molecule has 0 saturated carbocycles. The monoisotopic (exact) mass is 460 g/mol. The Morgan fingerprint density at radius 2 is 1.81 bits per heavy atom. The standard InChI is InChI=1S/C23H28N2O6S/c1-17-8-9-20(32(28,29)25-10-12-30-13-11-25)15-21(17)24-22(26)16-31-23(27)14-18(2)19-6-4-3-5-7-19/h3-9,15,18H,10-14,16H2,1-2H3,(H,24,26). The highest BCUT2D eigenvalue weighted by Gasteiger charge is 2.27. The lowest BCUT2D eigenvalue weighted by atomic mass is 9.98. The van der Waals surface area contributed by atoms with Gasteiger partial charge in [0, 0.05) is 18.8 Å². The van der Waals surface area contributed by atoms with Gasteiger partial charge >= 0.3 is 5.97 Å². The normalized spacial score (nSPS) is 15.7. The highest BCUT2D eigenvalue weighted by atomic mass is 32.2. The van der Waals surface area contributed by atoms with Crippen LogP contribution in [-0.2, 0) is 29.1 Å². The fourth-order valence-electron chi connectivity index (χ4n) is 3.37. The molecule has 9 heteroatoms. The Morgan fingerprint density at radius 3 is 2.50 bits per heavy atom. The number of morpholine rings is 1. The maximum Gasteiger partial charge on any atom is 0.306 e. The predicted octanol–water partition coefficient (Wildman–Crippen LogP) is 2.69. The quantitative estimate of drug-likeness (QED) is 0.608. The molecule has 0 spiro atoms. The van der Waals surface area contributed by atoms with E-state index in [4.69, 9.17) is 9.47 Å². The zero-order valence-electron chi connectivity index (χ0n) is 18.2. The number of nitrogens with zero attached hydrogens (tertiary/aromatic N) is 1. The molecule has 2 aromatic rings. The SMILES string of the molecule is Cc1ccc(S(=O)(=O)N2CCOCC2)cc1NC(=O)COC(=O)CC(C)c1ccccc1. The summed E-state index contributed by atoms with van der Waals surface area (Å²) in [7, 11) is -3.69. The summed E-state index contributed by atoms with van der Waals surface area (Å²) in [5.74, 6) is -1.04. The van der Waals surface area contributed by atoms with Gasteiger partial charge in [0.05, 0.1) is 24.5 Å². The highest BCUT2D eigenvalue weighted by Crippen LogP contribution is 2.24. The van der Waals surface area contributed by atoms with Crippen LogP contribution < -0.4 is 5.32 Å². The lowest BCUT2D eigenvalue weighted by Crippen LogP contribution is -2.40. The third-order valence-corrected chi connectivity index (χ3v) is 7.19. The molecule has 0 aromatic heterocycles. The number of hydrogen-bond donors (Lipinski definition) is 1. The van der Waals surface area contributed by atoms with Crippen LogP contribution in [0.25, 0.3) is 0 Å². The van der Waals surface area contributed by atoms with E-state index >= 15 is 0 Å². The number of anilines is 1. The number of amides is 1. The first-order chi connectivity index (χ1) is 15.3. The molecule has 0 radical (unpaired) electrons. The Labute approximate surface area is 188 Å². The number of rotatable bonds is 8. The molecule has 1 aliphatic rings. The van der Waals surface area contributed by atoms with Crippen LogP contribution in [0.4, 0.5) is 5.69 Å². The number of carbonyl (C=O) groups excluding carboxylic acids is 2. The number of benzene rings is 2. The maximum absolute atomic E-state index is 12.9. The summed E-state index contributed by atoms with van der Waals surface area (Å²) in [6, 6.07) is 14.2. The van der Waals surface area contributed by atoms with Gasteiger partial charge in [-0.1, -0.05) is 43.3 Å². The van der Waals surface area contributed by atoms with Gasteiger partial charge in [-0.3, -0.25) is 9.59 Å². The summed E-state index contributed by atoms with van der Waals surface area (Å²) in [4.78, 5) is 24.5. The minimum absolute atomic E-state index is 0.0314. The minimum atomic E-state index is -3.69. The molecule has 1 saturated heterocycles. The van der Waals surface area contributed by atoms with Crippen LogP contribution in [0, 0.1) is 6.92 Å². The van der Waals surface area contributed by atoms with Crippen molar-refractivity contribution in [1.29, 1.82) is 0 Å². The van der Waals surface area contributed by atoms with E-state index in [0.29, 0.717) is 24.5 Å². The second kappa shape index (κ2) is 10.7. The molecule has 0 bridgehead atoms. The number of hydrogen-bond acceptors (Lipinski definition) is 6. The minimum Gasteiger partial charge on any atom is -0.456 e. The number of esters is 1. The molecule has 8 nitrogen and oxygen atoms in total. The van der Waals surface area contributed by atoms with Crippen LogP contribution in [0.2, 0.25) is 0 Å². The number of sulfonamides is 1. The van der Waals surface area contributed by atoms with Gasteiger partial charge in [-0.2, -0.15) is 4.31 Å². The Bertz CT molecular complexity index is 1050. The van der Waals surface area contributed by atoms with E-state index < -0.39 is 28.5 Å². The maximum atomic E-state index is 12.9. The van der Waals surface area contributed by atoms with Crippen LogP contribution in [-0.4, -0.2) is 57.5 Å². The second-order valence-corrected chi connectivity index (χ2v) is 9.66. The zero-order valence-corrected chi connectivity index (χ0v) is 19.1. The van der Waals surface area contributed by atoms with Crippen molar-refractivity contribution in [2.75, 3.05) is 38.2 Å². The van der Waals surface area contributed by atoms with Crippen LogP contribution in [0.3, 0.4) is 0 Å². The summed E-state index contributed by atoms with van der Waals surface area (Å²) in [6.45, 7) is 4.51. The van der Waals surface area contributed by atoms with Gasteiger partial charge in [0.25, 0.3) is 5.91 Å². The van der Waals surface area contributed by atoms with Crippen LogP contribution >= 0.6 is 0 Å². The fourth-order valence-corrected chi connectivity index (χ4v) is 4.81. The van der Waals surface area contributed by atoms with Gasteiger partial charge in [0.15, 0.2) is 6.61 Å². The van der Waals surface area contributed by atoms with E-state index in [1.165, 1.54) is 16.4 Å². The van der Waals surface area contributed by atoms with Crippen LogP contribution in [0.15, 0.2) is 53.4 Å². The zero-order chi connectivity index (χ0) is 23.1. The first kappa shape index (κ1) is 23.9. The van der Waals surface area contributed by atoms with E-state index in [1.54, 1.807) is 13.0 Å². The summed E-state index contributed by atoms with van der Waals surface area (Å²) >= 11 is 0. The Morgan fingerprint density at radius 1 is 1.12 bits per heavy atom. The Kier molecular flexibility index (Phi) is 8.00. The van der Waals surface area contributed by atoms with Crippen molar-refractivity contribution >= 4 is 27.6 Å². The second-order valence-electron chi connectivity index (χ2n) is 7.72. The molecule has 1 aliphatic heterocycles. The molecule has 1 heterocycles. The largest absolute Gasteiger partial charge is 0.456 e. The molecule has 32 heavy (non-hydrogen) atoms. The van der Waals surface area contributed by atoms with Gasteiger partial charge in [0.1, 0.15) is 0 Å². The molecule has 1 amide bonds. The average Bonchev–Trinajstić information content (AvgIpc) is 2.80. The molecular formula is C23H28N2O6S. The smallest absolute Gasteiger partial charge is 0.306 e. The van der Waals surface area contributed by atoms with E-state index in [2.05, 4.69) is 5.32 Å². The van der Waals surface area contributed by atoms with E-state index in [9.17, 15) is 18.0 Å². The van der Waals surface area contributed by atoms with Gasteiger partial charge in [0.2, 0.25) is 10.0 Å². The number of carbonyl (C=O) groups is 2. The molecule has 1 fully saturated rings. The predicted molar refractivity (Wildman–Crippen MR) is 120 cm³/mol. The molecule has 2 aromatic carbocycles. The summed E-state index contributed by atoms with van der Waals surface area (Å²) in [5.41, 5.74) is 2.07. The molecule has 172 valence electrons. The van der Waals surface area contributed by atoms with Crippen LogP contribution in [0.5, 0.6) is 0 Å². The van der Waals surface area contributed by atoms with Gasteiger partial charge in [-0.15, -0.1) is 0 Å². The van der Waals surface area contributed by atoms with Crippen molar-refractivity contribution in [2.24, 2.45) is 0 Å². The third-order valence-electron chi connectivity index (χ3n) is 5.30. The van der Waals surface area contributed by atoms with Crippen molar-refractivity contribution < 1.29 is 27.5 Å². The molecule has 0 aliphatic carbocycles. The van der Waals surface area contributed by atoms with Crippen molar-refractivity contribution in [2.45, 2.75) is 31.1 Å². The number of nitrogens with one attached hydrogen (secondary N) is 1. The molecule has 1 atom stereocenters. The summed E-state index contributed by atoms with van der Waals surface area (Å²) in [6.07, 6.45) is 0.156. The molecular weight excluding hydrogens is 432 g/mol. The lowest BCUT2D eigenvalue weighted by Gasteiger charge is -2.26. The first-order valence-corrected chi connectivity index (χ1v) is 11.9. The van der Waals surface area contributed by atoms with E-state index in [0.717, 1.165) is 5.56 Å². The highest BCUT2D eigenvalue weighted by molar-refractivity contribution is 7.89. The fraction of sp³-hybridized carbons (Fsp3) is 0.391. The van der Waals surface area contributed by atoms with Crippen LogP contribution in [0.1, 0.15) is 30.4 Å². The third kappa shape index (κ3) is 6.15. The molecule has 1 unspecified atom stereocenters. The Hall–Kier alpha value is -2.75. The topological polar surface area (TPSA) is 102 Å². The van der Waals surface area contributed by atoms with Crippen molar-refractivity contribution in [3.63, 3.8) is 0 Å². The molecule has 1 N–H and O–H groups in total. The van der Waals surface area contributed by atoms with Gasteiger partial charge in [-0.05, 0) is 36.1 Å². The first-order valence-electron chi connectivity index (χ1n) is 10.5. The van der Waals surface area contributed by atoms with E-state index in [1.807, 2.05) is 37.3 Å². The van der Waals surface area contributed by atoms with Gasteiger partial charge in [-0.25, -0.2) is 8.42 Å². The van der Waals surface area contributed by atoms with Gasteiger partial charge < -0.3 is 14.8 Å². The van der Waals surface area contributed by atoms with Crippen molar-refractivity contribution in [1.82, 2.24) is 4.31 Å². The lowest BCUT2D eigenvalue weighted by molar-refractivity contribution is -0.147. The van der Waals surface area contributed by atoms with Crippen molar-refractivity contribution in [3.8, 4) is 0 Å². The Balaban J connectivity index is 1.57. The summed E-state index contributed by atoms with van der Waals surface area (Å²) in [5, 5.41) is 2.64. The van der Waals surface area contributed by atoms with E-state index in [-0.39, 0.29) is 30.3 Å². The average molecular weight is 461 g/mol. The van der Waals surface area contributed by atoms with Crippen molar-refractivity contribution in [3.05, 3.63) is 59.7 Å². The number of aryl methyl sites for hydroxylation is 1. The number of ether oxygens (including phenoxy) is 2. The summed E-state index contributed by atoms with van der Waals surface area (Å²) < 4.78 is 37.4.